The Morgan fingerprint density at radius 3 is 3.07 bits per heavy atom. The van der Waals surface area contributed by atoms with Crippen molar-refractivity contribution in [3.63, 3.8) is 0 Å². The van der Waals surface area contributed by atoms with Crippen LogP contribution in [0.15, 0.2) is 5.16 Å². The minimum Gasteiger partial charge on any atom is -0.469 e. The predicted molar refractivity (Wildman–Crippen MR) is 60.1 cm³/mol. The van der Waals surface area contributed by atoms with Crippen molar-refractivity contribution in [1.29, 1.82) is 0 Å². The SMILES string of the molecule is [CH]CCCCOc1nc(SC(C)=O)ns1. The summed E-state index contributed by atoms with van der Waals surface area (Å²) in [5, 5.41) is 0.944. The lowest BCUT2D eigenvalue weighted by atomic mass is 10.3. The van der Waals surface area contributed by atoms with Crippen LogP contribution in [-0.2, 0) is 4.79 Å². The largest absolute Gasteiger partial charge is 0.469 e. The van der Waals surface area contributed by atoms with E-state index in [1.54, 1.807) is 0 Å². The molecule has 0 bridgehead atoms. The zero-order chi connectivity index (χ0) is 11.1. The van der Waals surface area contributed by atoms with Gasteiger partial charge in [0.15, 0.2) is 5.12 Å². The van der Waals surface area contributed by atoms with Crippen LogP contribution in [0.5, 0.6) is 5.19 Å². The van der Waals surface area contributed by atoms with Crippen molar-refractivity contribution in [2.24, 2.45) is 0 Å². The maximum atomic E-state index is 10.8. The number of aromatic nitrogens is 2. The summed E-state index contributed by atoms with van der Waals surface area (Å²) in [5.74, 6) is 0. The molecule has 0 unspecified atom stereocenters. The maximum Gasteiger partial charge on any atom is 0.293 e. The van der Waals surface area contributed by atoms with Gasteiger partial charge in [0, 0.05) is 18.5 Å². The van der Waals surface area contributed by atoms with Crippen LogP contribution >= 0.6 is 23.3 Å². The van der Waals surface area contributed by atoms with Crippen molar-refractivity contribution < 1.29 is 9.53 Å². The van der Waals surface area contributed by atoms with E-state index in [0.29, 0.717) is 23.4 Å². The standard InChI is InChI=1S/C9H12N2O2S2/c1-3-4-5-6-13-9-10-8(11-15-9)14-7(2)12/h1H,3-6H2,2H3. The molecule has 4 nitrogen and oxygen atoms in total. The minimum absolute atomic E-state index is 0.0255. The monoisotopic (exact) mass is 244 g/mol. The molecule has 2 radical (unpaired) electrons. The topological polar surface area (TPSA) is 52.1 Å². The molecule has 1 aromatic heterocycles. The van der Waals surface area contributed by atoms with Gasteiger partial charge in [-0.05, 0) is 37.9 Å². The fraction of sp³-hybridized carbons (Fsp3) is 0.556. The lowest BCUT2D eigenvalue weighted by molar-refractivity contribution is -0.109. The van der Waals surface area contributed by atoms with E-state index in [9.17, 15) is 4.79 Å². The van der Waals surface area contributed by atoms with E-state index in [-0.39, 0.29) is 5.12 Å². The molecule has 0 aromatic carbocycles. The lowest BCUT2D eigenvalue weighted by Gasteiger charge is -1.98. The van der Waals surface area contributed by atoms with Gasteiger partial charge in [-0.2, -0.15) is 9.36 Å². The lowest BCUT2D eigenvalue weighted by Crippen LogP contribution is -1.96. The second kappa shape index (κ2) is 6.79. The molecule has 0 aliphatic heterocycles. The molecule has 15 heavy (non-hydrogen) atoms. The normalized spacial score (nSPS) is 10.3. The Morgan fingerprint density at radius 1 is 1.60 bits per heavy atom. The summed E-state index contributed by atoms with van der Waals surface area (Å²) in [4.78, 5) is 14.8. The predicted octanol–water partition coefficient (Wildman–Crippen LogP) is 2.44. The average Bonchev–Trinajstić information content (AvgIpc) is 2.59. The van der Waals surface area contributed by atoms with E-state index in [1.165, 1.54) is 6.92 Å². The Morgan fingerprint density at radius 2 is 2.40 bits per heavy atom. The van der Waals surface area contributed by atoms with E-state index in [1.807, 2.05) is 0 Å². The van der Waals surface area contributed by atoms with Crippen LogP contribution in [0.25, 0.3) is 0 Å². The van der Waals surface area contributed by atoms with Gasteiger partial charge in [-0.1, -0.05) is 0 Å². The second-order valence-electron chi connectivity index (χ2n) is 2.78. The number of hydrogen-bond donors (Lipinski definition) is 0. The maximum absolute atomic E-state index is 10.8. The molecule has 6 heteroatoms. The Bertz CT molecular complexity index is 315. The number of carbonyl (C=O) groups excluding carboxylic acids is 1. The molecule has 0 N–H and O–H groups in total. The minimum atomic E-state index is -0.0255. The first-order valence-electron chi connectivity index (χ1n) is 4.57. The summed E-state index contributed by atoms with van der Waals surface area (Å²) < 4.78 is 9.31. The molecular weight excluding hydrogens is 232 g/mol. The van der Waals surface area contributed by atoms with Gasteiger partial charge in [0.2, 0.25) is 5.16 Å². The molecule has 1 rings (SSSR count). The van der Waals surface area contributed by atoms with Crippen molar-refractivity contribution >= 4 is 28.4 Å². The molecule has 0 fully saturated rings. The van der Waals surface area contributed by atoms with Gasteiger partial charge < -0.3 is 4.74 Å². The van der Waals surface area contributed by atoms with Crippen LogP contribution in [-0.4, -0.2) is 21.1 Å². The number of hydrogen-bond acceptors (Lipinski definition) is 6. The Hall–Kier alpha value is -0.620. The highest BCUT2D eigenvalue weighted by Crippen LogP contribution is 2.22. The van der Waals surface area contributed by atoms with Gasteiger partial charge in [0.25, 0.3) is 5.19 Å². The molecule has 0 amide bonds. The first-order valence-corrected chi connectivity index (χ1v) is 6.16. The molecule has 0 saturated heterocycles. The van der Waals surface area contributed by atoms with Gasteiger partial charge in [-0.15, -0.1) is 0 Å². The number of carbonyl (C=O) groups is 1. The molecule has 1 aromatic rings. The summed E-state index contributed by atoms with van der Waals surface area (Å²) in [5.41, 5.74) is 0. The summed E-state index contributed by atoms with van der Waals surface area (Å²) in [6.07, 6.45) is 2.52. The van der Waals surface area contributed by atoms with E-state index in [0.717, 1.165) is 36.1 Å². The second-order valence-corrected chi connectivity index (χ2v) is 4.64. The van der Waals surface area contributed by atoms with Crippen molar-refractivity contribution in [2.45, 2.75) is 31.3 Å². The molecule has 1 heterocycles. The van der Waals surface area contributed by atoms with E-state index >= 15 is 0 Å². The molecule has 0 atom stereocenters. The summed E-state index contributed by atoms with van der Waals surface area (Å²) in [6, 6.07) is 0. The van der Waals surface area contributed by atoms with Gasteiger partial charge in [-0.3, -0.25) is 4.79 Å². The fourth-order valence-electron chi connectivity index (χ4n) is 0.832. The highest BCUT2D eigenvalue weighted by molar-refractivity contribution is 8.13. The summed E-state index contributed by atoms with van der Waals surface area (Å²) in [7, 11) is 0. The summed E-state index contributed by atoms with van der Waals surface area (Å²) >= 11 is 2.17. The first kappa shape index (κ1) is 12.4. The van der Waals surface area contributed by atoms with Crippen LogP contribution in [0.1, 0.15) is 26.2 Å². The third kappa shape index (κ3) is 5.13. The molecule has 0 aliphatic carbocycles. The van der Waals surface area contributed by atoms with Crippen molar-refractivity contribution in [3.8, 4) is 5.19 Å². The number of ether oxygens (including phenoxy) is 1. The van der Waals surface area contributed by atoms with E-state index < -0.39 is 0 Å². The molecule has 0 aliphatic rings. The average molecular weight is 244 g/mol. The van der Waals surface area contributed by atoms with E-state index in [2.05, 4.69) is 9.36 Å². The first-order chi connectivity index (χ1) is 7.22. The zero-order valence-electron chi connectivity index (χ0n) is 8.43. The number of thioether (sulfide) groups is 1. The fourth-order valence-corrected chi connectivity index (χ4v) is 2.00. The van der Waals surface area contributed by atoms with Gasteiger partial charge in [0.1, 0.15) is 0 Å². The number of unbranched alkanes of at least 4 members (excludes halogenated alkanes) is 2. The van der Waals surface area contributed by atoms with Crippen LogP contribution in [0.2, 0.25) is 0 Å². The van der Waals surface area contributed by atoms with Gasteiger partial charge >= 0.3 is 0 Å². The van der Waals surface area contributed by atoms with Gasteiger partial charge in [-0.25, -0.2) is 0 Å². The van der Waals surface area contributed by atoms with Crippen LogP contribution in [0, 0.1) is 6.92 Å². The molecular formula is C9H12N2O2S2. The van der Waals surface area contributed by atoms with Crippen LogP contribution in [0.3, 0.4) is 0 Å². The smallest absolute Gasteiger partial charge is 0.293 e. The summed E-state index contributed by atoms with van der Waals surface area (Å²) in [6.45, 7) is 7.42. The third-order valence-electron chi connectivity index (χ3n) is 1.45. The Balaban J connectivity index is 2.29. The van der Waals surface area contributed by atoms with Crippen LogP contribution in [0.4, 0.5) is 0 Å². The quantitative estimate of drug-likeness (QED) is 0.568. The van der Waals surface area contributed by atoms with Crippen molar-refractivity contribution in [2.75, 3.05) is 6.61 Å². The Labute approximate surface area is 97.6 Å². The zero-order valence-corrected chi connectivity index (χ0v) is 10.1. The van der Waals surface area contributed by atoms with Crippen molar-refractivity contribution in [1.82, 2.24) is 9.36 Å². The van der Waals surface area contributed by atoms with E-state index in [4.69, 9.17) is 11.7 Å². The highest BCUT2D eigenvalue weighted by Gasteiger charge is 2.07. The molecule has 0 spiro atoms. The molecule has 82 valence electrons. The molecule has 0 saturated carbocycles. The van der Waals surface area contributed by atoms with Crippen molar-refractivity contribution in [3.05, 3.63) is 6.92 Å². The highest BCUT2D eigenvalue weighted by atomic mass is 32.2. The third-order valence-corrected chi connectivity index (χ3v) is 2.85. The Kier molecular flexibility index (Phi) is 5.63. The van der Waals surface area contributed by atoms with Crippen LogP contribution < -0.4 is 4.74 Å². The van der Waals surface area contributed by atoms with Gasteiger partial charge in [0.05, 0.1) is 6.61 Å². The number of nitrogens with zero attached hydrogens (tertiary/aromatic N) is 2. The number of rotatable bonds is 6.